The minimum absolute atomic E-state index is 0. The summed E-state index contributed by atoms with van der Waals surface area (Å²) in [5, 5.41) is 5.48. The van der Waals surface area contributed by atoms with Crippen LogP contribution in [0.5, 0.6) is 0 Å². The first-order valence-electron chi connectivity index (χ1n) is 6.37. The number of hydrogen-bond acceptors (Lipinski definition) is 0. The summed E-state index contributed by atoms with van der Waals surface area (Å²) in [6.07, 6.45) is 1.20. The Balaban J connectivity index is 0.00000120. The quantitative estimate of drug-likeness (QED) is 0.409. The van der Waals surface area contributed by atoms with Crippen molar-refractivity contribution in [3.05, 3.63) is 54.1 Å². The first-order valence-corrected chi connectivity index (χ1v) is 6.37. The van der Waals surface area contributed by atoms with E-state index in [2.05, 4.69) is 62.4 Å². The third kappa shape index (κ3) is 2.21. The van der Waals surface area contributed by atoms with Crippen LogP contribution in [0.3, 0.4) is 0 Å². The van der Waals surface area contributed by atoms with Gasteiger partial charge < -0.3 is 0 Å². The van der Waals surface area contributed by atoms with Crippen molar-refractivity contribution in [3.8, 4) is 0 Å². The first-order chi connectivity index (χ1) is 8.29. The van der Waals surface area contributed by atoms with Crippen LogP contribution in [-0.2, 0) is 25.8 Å². The summed E-state index contributed by atoms with van der Waals surface area (Å²) in [4.78, 5) is 0. The van der Waals surface area contributed by atoms with Crippen molar-refractivity contribution in [2.24, 2.45) is 0 Å². The summed E-state index contributed by atoms with van der Waals surface area (Å²) in [7, 11) is 0. The van der Waals surface area contributed by atoms with Crippen LogP contribution in [-0.4, -0.2) is 0 Å². The Morgan fingerprint density at radius 2 is 1.67 bits per heavy atom. The third-order valence-electron chi connectivity index (χ3n) is 3.81. The maximum absolute atomic E-state index is 2.34. The third-order valence-corrected chi connectivity index (χ3v) is 3.81. The van der Waals surface area contributed by atoms with E-state index < -0.39 is 0 Å². The Bertz CT molecular complexity index is 663. The Kier molecular flexibility index (Phi) is 4.11. The van der Waals surface area contributed by atoms with Gasteiger partial charge in [-0.25, -0.2) is 0 Å². The second-order valence-corrected chi connectivity index (χ2v) is 4.88. The van der Waals surface area contributed by atoms with Gasteiger partial charge in [0, 0.05) is 25.8 Å². The number of hydrogen-bond donors (Lipinski definition) is 0. The maximum Gasteiger partial charge on any atom is 0 e. The van der Waals surface area contributed by atoms with E-state index >= 15 is 0 Å². The van der Waals surface area contributed by atoms with Crippen molar-refractivity contribution in [2.75, 3.05) is 0 Å². The van der Waals surface area contributed by atoms with E-state index in [1.807, 2.05) is 0 Å². The monoisotopic (exact) mass is 401 g/mol. The molecular weight excluding hydrogens is 383 g/mol. The zero-order chi connectivity index (χ0) is 11.8. The molecule has 3 aromatic carbocycles. The van der Waals surface area contributed by atoms with Crippen LogP contribution >= 0.6 is 0 Å². The average Bonchev–Trinajstić information content (AvgIpc) is 2.78. The Morgan fingerprint density at radius 1 is 1.00 bits per heavy atom. The molecule has 3 rings (SSSR count). The molecule has 1 unspecified atom stereocenters. The summed E-state index contributed by atoms with van der Waals surface area (Å²) >= 11 is 0. The second-order valence-electron chi connectivity index (χ2n) is 4.88. The largest absolute Gasteiger partial charge is 0.168 e. The minimum atomic E-state index is 0. The molecule has 0 aliphatic carbocycles. The summed E-state index contributed by atoms with van der Waals surface area (Å²) in [6.45, 7) is 4.56. The summed E-state index contributed by atoms with van der Waals surface area (Å²) in [5.74, 6) is 0.647. The minimum Gasteiger partial charge on any atom is -0.168 e. The molecule has 18 heavy (non-hydrogen) atoms. The van der Waals surface area contributed by atoms with Crippen molar-refractivity contribution >= 4 is 21.5 Å². The van der Waals surface area contributed by atoms with Crippen LogP contribution in [0.2, 0.25) is 0 Å². The van der Waals surface area contributed by atoms with Crippen LogP contribution in [0, 0.1) is 0 Å². The topological polar surface area (TPSA) is 0 Å². The van der Waals surface area contributed by atoms with Crippen molar-refractivity contribution in [3.63, 3.8) is 0 Å². The molecule has 1 atom stereocenters. The summed E-state index contributed by atoms with van der Waals surface area (Å²) in [6, 6.07) is 17.8. The number of fused-ring (bicyclic) bond motifs is 2. The van der Waals surface area contributed by atoms with Crippen molar-refractivity contribution in [2.45, 2.75) is 26.2 Å². The molecule has 0 amide bonds. The van der Waals surface area contributed by atoms with Gasteiger partial charge in [0.2, 0.25) is 0 Å². The number of benzene rings is 2. The zero-order valence-corrected chi connectivity index (χ0v) is 14.5. The first kappa shape index (κ1) is 13.6. The summed E-state index contributed by atoms with van der Waals surface area (Å²) < 4.78 is 0. The van der Waals surface area contributed by atoms with E-state index in [4.69, 9.17) is 0 Å². The molecule has 0 bridgehead atoms. The predicted molar refractivity (Wildman–Crippen MR) is 75.8 cm³/mol. The molecule has 0 aliphatic heterocycles. The molecule has 90 valence electrons. The molecule has 0 heterocycles. The molecule has 0 saturated heterocycles. The van der Waals surface area contributed by atoms with Gasteiger partial charge in [-0.2, -0.15) is 6.07 Å². The van der Waals surface area contributed by atoms with Gasteiger partial charge >= 0.3 is 0 Å². The fourth-order valence-electron chi connectivity index (χ4n) is 2.56. The molecule has 0 aromatic heterocycles. The molecule has 0 nitrogen and oxygen atoms in total. The van der Waals surface area contributed by atoms with Gasteiger partial charge in [0.1, 0.15) is 0 Å². The van der Waals surface area contributed by atoms with Crippen LogP contribution in [0.15, 0.2) is 48.5 Å². The van der Waals surface area contributed by atoms with Gasteiger partial charge in [0.25, 0.3) is 0 Å². The smallest absolute Gasteiger partial charge is 0 e. The van der Waals surface area contributed by atoms with E-state index in [1.165, 1.54) is 33.5 Å². The fourth-order valence-corrected chi connectivity index (χ4v) is 2.56. The van der Waals surface area contributed by atoms with Gasteiger partial charge in [-0.3, -0.25) is 0 Å². The van der Waals surface area contributed by atoms with Gasteiger partial charge in [-0.1, -0.05) is 61.9 Å². The van der Waals surface area contributed by atoms with Gasteiger partial charge in [-0.05, 0) is 5.39 Å². The van der Waals surface area contributed by atoms with E-state index in [1.54, 1.807) is 0 Å². The zero-order valence-electron chi connectivity index (χ0n) is 10.9. The molecule has 0 saturated carbocycles. The van der Waals surface area contributed by atoms with E-state index in [0.29, 0.717) is 5.92 Å². The van der Waals surface area contributed by atoms with Gasteiger partial charge in [0.15, 0.2) is 0 Å². The maximum atomic E-state index is 2.34. The molecule has 0 fully saturated rings. The van der Waals surface area contributed by atoms with Crippen LogP contribution in [0.4, 0.5) is 0 Å². The van der Waals surface area contributed by atoms with E-state index in [0.717, 1.165) is 0 Å². The Labute approximate surface area is 127 Å². The van der Waals surface area contributed by atoms with E-state index in [-0.39, 0.29) is 25.8 Å². The molecule has 0 aliphatic rings. The molecule has 0 radical (unpaired) electrons. The van der Waals surface area contributed by atoms with Crippen molar-refractivity contribution < 1.29 is 25.8 Å². The van der Waals surface area contributed by atoms with Gasteiger partial charge in [-0.15, -0.1) is 28.5 Å². The normalized spacial score (nSPS) is 12.6. The molecule has 0 spiro atoms. The number of rotatable bonds is 2. The summed E-state index contributed by atoms with van der Waals surface area (Å²) in [5.41, 5.74) is 1.49. The molecule has 0 N–H and O–H groups in total. The molecule has 1 heteroatoms. The Morgan fingerprint density at radius 3 is 2.33 bits per heavy atom. The van der Waals surface area contributed by atoms with Crippen LogP contribution < -0.4 is 0 Å². The SMILES string of the molecule is CCC(C)[c-]1ccc2cc3ccccc3cc21.[Hf]. The van der Waals surface area contributed by atoms with Crippen LogP contribution in [0.1, 0.15) is 31.7 Å². The average molecular weight is 400 g/mol. The predicted octanol–water partition coefficient (Wildman–Crippen LogP) is 5.22. The Hall–Kier alpha value is -0.820. The molecular formula is C17H17Hf-. The van der Waals surface area contributed by atoms with E-state index in [9.17, 15) is 0 Å². The fraction of sp³-hybridized carbons (Fsp3) is 0.235. The molecule has 3 aromatic rings. The van der Waals surface area contributed by atoms with Gasteiger partial charge in [0.05, 0.1) is 0 Å². The second kappa shape index (κ2) is 5.44. The van der Waals surface area contributed by atoms with Crippen molar-refractivity contribution in [1.82, 2.24) is 0 Å². The standard InChI is InChI=1S/C17H17.Hf/c1-3-12(2)16-9-8-15-10-13-6-4-5-7-14(13)11-17(15)16;/h4-12H,3H2,1-2H3;/q-1;. The van der Waals surface area contributed by atoms with Crippen molar-refractivity contribution in [1.29, 1.82) is 0 Å². The van der Waals surface area contributed by atoms with Crippen LogP contribution in [0.25, 0.3) is 21.5 Å².